The minimum absolute atomic E-state index is 0.0356. The van der Waals surface area contributed by atoms with E-state index in [1.54, 1.807) is 25.2 Å². The van der Waals surface area contributed by atoms with Crippen LogP contribution < -0.4 is 10.1 Å². The molecule has 0 unspecified atom stereocenters. The van der Waals surface area contributed by atoms with Gasteiger partial charge in [-0.15, -0.1) is 0 Å². The van der Waals surface area contributed by atoms with Crippen LogP contribution >= 0.6 is 0 Å². The molecule has 1 fully saturated rings. The number of rotatable bonds is 2. The van der Waals surface area contributed by atoms with Crippen molar-refractivity contribution in [3.8, 4) is 11.5 Å². The lowest BCUT2D eigenvalue weighted by molar-refractivity contribution is -0.336. The van der Waals surface area contributed by atoms with E-state index in [9.17, 15) is 29.1 Å². The van der Waals surface area contributed by atoms with Gasteiger partial charge in [-0.1, -0.05) is 45.9 Å². The van der Waals surface area contributed by atoms with E-state index in [4.69, 9.17) is 28.4 Å². The molecule has 0 saturated carbocycles. The van der Waals surface area contributed by atoms with Gasteiger partial charge in [0, 0.05) is 61.8 Å². The maximum atomic E-state index is 14.0. The van der Waals surface area contributed by atoms with Gasteiger partial charge in [-0.25, -0.2) is 0 Å². The zero-order chi connectivity index (χ0) is 39.3. The minimum atomic E-state index is -2.00. The van der Waals surface area contributed by atoms with Crippen LogP contribution in [0.15, 0.2) is 47.9 Å². The molecule has 0 spiro atoms. The lowest BCUT2D eigenvalue weighted by atomic mass is 9.77. The number of phenolic OH excluding ortho intramolecular Hbond substituents is 1. The van der Waals surface area contributed by atoms with Crippen LogP contribution in [0, 0.1) is 30.6 Å². The number of nitrogens with one attached hydrogen (secondary N) is 1. The average molecular weight is 736 g/mol. The molecule has 4 heterocycles. The van der Waals surface area contributed by atoms with E-state index in [1.165, 1.54) is 34.1 Å². The molecular weight excluding hydrogens is 686 g/mol. The highest BCUT2D eigenvalue weighted by Gasteiger charge is 2.52. The number of esters is 1. The first-order chi connectivity index (χ1) is 24.7. The molecule has 1 aromatic rings. The molecule has 0 aromatic heterocycles. The number of hydrogen-bond donors (Lipinski definition) is 2. The van der Waals surface area contributed by atoms with Crippen LogP contribution in [0.2, 0.25) is 0 Å². The number of allylic oxidation sites excluding steroid dienone is 4. The van der Waals surface area contributed by atoms with Crippen LogP contribution in [-0.2, 0) is 33.3 Å². The molecule has 9 atom stereocenters. The molecule has 1 saturated heterocycles. The average Bonchev–Trinajstić information content (AvgIpc) is 3.35. The first-order valence-electron chi connectivity index (χ1n) is 17.7. The number of phenols is 1. The Bertz CT molecular complexity index is 1850. The molecule has 6 rings (SSSR count). The number of amides is 1. The summed E-state index contributed by atoms with van der Waals surface area (Å²) >= 11 is 0. The molecular formula is C40H49NO12. The van der Waals surface area contributed by atoms with Gasteiger partial charge in [0.2, 0.25) is 5.78 Å². The Morgan fingerprint density at radius 1 is 0.906 bits per heavy atom. The number of aromatic hydroxyl groups is 1. The molecule has 13 nitrogen and oxygen atoms in total. The monoisotopic (exact) mass is 735 g/mol. The summed E-state index contributed by atoms with van der Waals surface area (Å²) in [6, 6.07) is 0. The molecule has 0 radical (unpaired) electrons. The smallest absolute Gasteiger partial charge is 0.312 e. The Morgan fingerprint density at radius 2 is 1.57 bits per heavy atom. The summed E-state index contributed by atoms with van der Waals surface area (Å²) in [6.45, 7) is 17.2. The van der Waals surface area contributed by atoms with Crippen LogP contribution in [0.25, 0.3) is 0 Å². The van der Waals surface area contributed by atoms with E-state index in [0.717, 1.165) is 6.08 Å². The normalized spacial score (nSPS) is 33.0. The van der Waals surface area contributed by atoms with Gasteiger partial charge in [-0.05, 0) is 33.8 Å². The van der Waals surface area contributed by atoms with Gasteiger partial charge in [0.15, 0.2) is 11.6 Å². The number of hydrogen-bond acceptors (Lipinski definition) is 12. The Labute approximate surface area is 309 Å². The second-order valence-electron chi connectivity index (χ2n) is 15.0. The fraction of sp³-hybridized carbons (Fsp3) is 0.525. The van der Waals surface area contributed by atoms with E-state index in [1.807, 2.05) is 47.6 Å². The Kier molecular flexibility index (Phi) is 11.0. The minimum Gasteiger partial charge on any atom is -0.507 e. The van der Waals surface area contributed by atoms with Crippen LogP contribution in [0.3, 0.4) is 0 Å². The number of benzene rings is 1. The van der Waals surface area contributed by atoms with Crippen molar-refractivity contribution in [3.05, 3.63) is 70.2 Å². The van der Waals surface area contributed by atoms with Crippen LogP contribution in [0.1, 0.15) is 99.0 Å². The lowest BCUT2D eigenvalue weighted by Crippen LogP contribution is -2.56. The van der Waals surface area contributed by atoms with Crippen molar-refractivity contribution in [1.29, 1.82) is 0 Å². The number of methoxy groups -OCH3 is 1. The Morgan fingerprint density at radius 3 is 2.21 bits per heavy atom. The zero-order valence-electron chi connectivity index (χ0n) is 32.0. The van der Waals surface area contributed by atoms with Crippen LogP contribution in [-0.4, -0.2) is 77.4 Å². The van der Waals surface area contributed by atoms with Gasteiger partial charge < -0.3 is 38.8 Å². The SMILES string of the molecule is CO[C@@H]1C=CO[C@@]2(C)Oc3c(C)c(O)c4c(c3C2=O)C(=O)C=C(NC(=O)C(C)=CC=C[C@H](C)[C@H]2OC(C)(C)O[C@H]([C@H](C)[C@H](OC(C)=O)[C@@H]1C)[C@@H]2C)C4=O. The summed E-state index contributed by atoms with van der Waals surface area (Å²) in [5.74, 6) is -8.33. The summed E-state index contributed by atoms with van der Waals surface area (Å²) < 4.78 is 36.6. The summed E-state index contributed by atoms with van der Waals surface area (Å²) in [7, 11) is 1.49. The fourth-order valence-electron chi connectivity index (χ4n) is 7.71. The molecule has 13 heteroatoms. The van der Waals surface area contributed by atoms with E-state index in [-0.39, 0.29) is 57.6 Å². The highest BCUT2D eigenvalue weighted by molar-refractivity contribution is 6.30. The maximum absolute atomic E-state index is 14.0. The zero-order valence-corrected chi connectivity index (χ0v) is 32.0. The third-order valence-corrected chi connectivity index (χ3v) is 10.6. The molecule has 286 valence electrons. The molecule has 53 heavy (non-hydrogen) atoms. The molecule has 1 aromatic carbocycles. The van der Waals surface area contributed by atoms with E-state index >= 15 is 0 Å². The van der Waals surface area contributed by atoms with Gasteiger partial charge >= 0.3 is 11.8 Å². The van der Waals surface area contributed by atoms with E-state index in [0.29, 0.717) is 0 Å². The van der Waals surface area contributed by atoms with Crippen molar-refractivity contribution in [1.82, 2.24) is 5.32 Å². The Balaban J connectivity index is 1.62. The van der Waals surface area contributed by atoms with E-state index in [2.05, 4.69) is 5.32 Å². The second kappa shape index (κ2) is 14.7. The van der Waals surface area contributed by atoms with Crippen LogP contribution in [0.5, 0.6) is 11.5 Å². The van der Waals surface area contributed by atoms with Gasteiger partial charge in [-0.2, -0.15) is 0 Å². The number of carbonyl (C=O) groups is 5. The van der Waals surface area contributed by atoms with Crippen molar-refractivity contribution >= 4 is 29.2 Å². The van der Waals surface area contributed by atoms with Crippen molar-refractivity contribution in [2.45, 2.75) is 105 Å². The van der Waals surface area contributed by atoms with Gasteiger partial charge in [0.25, 0.3) is 11.7 Å². The summed E-state index contributed by atoms with van der Waals surface area (Å²) in [6.07, 6.45) is 6.77. The summed E-state index contributed by atoms with van der Waals surface area (Å²) in [5.41, 5.74) is -1.07. The van der Waals surface area contributed by atoms with Crippen molar-refractivity contribution in [2.75, 3.05) is 7.11 Å². The third kappa shape index (κ3) is 7.34. The molecule has 4 aliphatic heterocycles. The second-order valence-corrected chi connectivity index (χ2v) is 15.0. The highest BCUT2D eigenvalue weighted by atomic mass is 16.7. The van der Waals surface area contributed by atoms with Crippen LogP contribution in [0.4, 0.5) is 0 Å². The predicted molar refractivity (Wildman–Crippen MR) is 191 cm³/mol. The highest BCUT2D eigenvalue weighted by Crippen LogP contribution is 2.48. The molecule has 5 aliphatic rings. The molecule has 7 bridgehead atoms. The Hall–Kier alpha value is -4.59. The standard InChI is InChI=1S/C40H49NO12/c1-18-13-12-14-19(2)38(47)41-25-17-26(43)28-29(32(25)45)31(44)21(4)36-30(28)37(46)40(10,53-36)49-16-15-27(48-11)20(3)34(50-24(7)42)23(6)35-22(5)33(18)51-39(8,9)52-35/h12-18,20,22-23,27,33-35,44H,1-11H3,(H,41,47)/t18-,20+,22+,23+,27+,33+,34+,35-,40-/m0/s1. The van der Waals surface area contributed by atoms with Gasteiger partial charge in [-0.3, -0.25) is 24.0 Å². The lowest BCUT2D eigenvalue weighted by Gasteiger charge is -2.50. The first kappa shape index (κ1) is 39.6. The number of carbonyl (C=O) groups excluding carboxylic acids is 5. The summed E-state index contributed by atoms with van der Waals surface area (Å²) in [5, 5.41) is 13.7. The molecule has 1 amide bonds. The number of ketones is 3. The number of ether oxygens (including phenoxy) is 6. The number of fused-ring (bicyclic) bond motifs is 10. The van der Waals surface area contributed by atoms with Crippen molar-refractivity contribution < 1.29 is 57.5 Å². The topological polar surface area (TPSA) is 173 Å². The fourth-order valence-corrected chi connectivity index (χ4v) is 7.71. The number of Topliss-reactive ketones (excluding diaryl/α,β-unsaturated/α-hetero) is 2. The summed E-state index contributed by atoms with van der Waals surface area (Å²) in [4.78, 5) is 67.0. The van der Waals surface area contributed by atoms with Crippen molar-refractivity contribution in [2.24, 2.45) is 23.7 Å². The maximum Gasteiger partial charge on any atom is 0.312 e. The first-order valence-corrected chi connectivity index (χ1v) is 17.7. The largest absolute Gasteiger partial charge is 0.507 e. The third-order valence-electron chi connectivity index (χ3n) is 10.6. The van der Waals surface area contributed by atoms with Gasteiger partial charge in [0.1, 0.15) is 17.6 Å². The van der Waals surface area contributed by atoms with Crippen molar-refractivity contribution in [3.63, 3.8) is 0 Å². The van der Waals surface area contributed by atoms with Gasteiger partial charge in [0.05, 0.1) is 47.0 Å². The predicted octanol–water partition coefficient (Wildman–Crippen LogP) is 5.43. The quantitative estimate of drug-likeness (QED) is 0.370. The molecule has 2 N–H and O–H groups in total. The van der Waals surface area contributed by atoms with E-state index < -0.39 is 76.3 Å². The molecule has 1 aliphatic carbocycles.